The van der Waals surface area contributed by atoms with Crippen LogP contribution in [0.5, 0.6) is 0 Å². The van der Waals surface area contributed by atoms with Crippen LogP contribution in [0.15, 0.2) is 5.10 Å². The minimum Gasteiger partial charge on any atom is -0.367 e. The van der Waals surface area contributed by atoms with Gasteiger partial charge in [-0.15, -0.1) is 5.10 Å². The van der Waals surface area contributed by atoms with E-state index < -0.39 is 0 Å². The third kappa shape index (κ3) is 6.85. The average molecular weight is 232 g/mol. The molecule has 8 nitrogen and oxygen atoms in total. The lowest BCUT2D eigenvalue weighted by molar-refractivity contribution is -0.102. The van der Waals surface area contributed by atoms with Gasteiger partial charge in [0.15, 0.2) is 0 Å². The SMILES string of the molecule is CCCON(N=C(N)NOC(C)C)C(=N)N. The topological polar surface area (TPSA) is 122 Å². The normalized spacial score (nSPS) is 11.6. The van der Waals surface area contributed by atoms with Gasteiger partial charge in [-0.05, 0) is 20.3 Å². The van der Waals surface area contributed by atoms with Crippen LogP contribution < -0.4 is 16.9 Å². The highest BCUT2D eigenvalue weighted by Crippen LogP contribution is 1.92. The van der Waals surface area contributed by atoms with E-state index in [1.165, 1.54) is 0 Å². The Balaban J connectivity index is 4.22. The summed E-state index contributed by atoms with van der Waals surface area (Å²) in [5.41, 5.74) is 13.1. The summed E-state index contributed by atoms with van der Waals surface area (Å²) in [4.78, 5) is 10.0. The standard InChI is InChI=1S/C8H20N6O2/c1-4-5-15-14(7(9)10)12-8(11)13-16-6(2)3/h6H,4-5H2,1-3H3,(H3,9,10)(H3,11,12,13). The van der Waals surface area contributed by atoms with Crippen LogP contribution in [-0.4, -0.2) is 29.8 Å². The number of hydrazone groups is 1. The van der Waals surface area contributed by atoms with Gasteiger partial charge in [-0.25, -0.2) is 10.3 Å². The summed E-state index contributed by atoms with van der Waals surface area (Å²) in [6, 6.07) is 0. The number of hydroxylamine groups is 2. The summed E-state index contributed by atoms with van der Waals surface area (Å²) >= 11 is 0. The van der Waals surface area contributed by atoms with E-state index in [0.29, 0.717) is 6.61 Å². The maximum Gasteiger partial charge on any atom is 0.238 e. The Hall–Kier alpha value is -1.54. The summed E-state index contributed by atoms with van der Waals surface area (Å²) in [5.74, 6) is -0.400. The molecule has 6 N–H and O–H groups in total. The molecule has 0 aliphatic heterocycles. The quantitative estimate of drug-likeness (QED) is 0.283. The van der Waals surface area contributed by atoms with Crippen LogP contribution in [0, 0.1) is 5.41 Å². The van der Waals surface area contributed by atoms with Crippen molar-refractivity contribution < 1.29 is 9.68 Å². The van der Waals surface area contributed by atoms with Crippen molar-refractivity contribution in [2.45, 2.75) is 33.3 Å². The second kappa shape index (κ2) is 7.71. The number of rotatable bonds is 6. The highest BCUT2D eigenvalue weighted by molar-refractivity contribution is 5.80. The van der Waals surface area contributed by atoms with Gasteiger partial charge in [-0.2, -0.15) is 0 Å². The summed E-state index contributed by atoms with van der Waals surface area (Å²) < 4.78 is 0. The summed E-state index contributed by atoms with van der Waals surface area (Å²) in [5, 5.41) is 11.7. The third-order valence-corrected chi connectivity index (χ3v) is 1.22. The first-order valence-corrected chi connectivity index (χ1v) is 5.00. The number of guanidine groups is 2. The molecule has 0 bridgehead atoms. The fourth-order valence-electron chi connectivity index (χ4n) is 0.627. The molecule has 0 aromatic heterocycles. The molecule has 8 heteroatoms. The highest BCUT2D eigenvalue weighted by atomic mass is 16.7. The van der Waals surface area contributed by atoms with Crippen molar-refractivity contribution in [3.63, 3.8) is 0 Å². The molecular formula is C8H20N6O2. The minimum atomic E-state index is -0.359. The van der Waals surface area contributed by atoms with Crippen LogP contribution in [-0.2, 0) is 9.68 Å². The second-order valence-corrected chi connectivity index (χ2v) is 3.25. The Bertz CT molecular complexity index is 243. The fraction of sp³-hybridized carbons (Fsp3) is 0.750. The van der Waals surface area contributed by atoms with Crippen molar-refractivity contribution in [2.24, 2.45) is 16.6 Å². The smallest absolute Gasteiger partial charge is 0.238 e. The monoisotopic (exact) mass is 232 g/mol. The van der Waals surface area contributed by atoms with E-state index in [1.807, 2.05) is 20.8 Å². The molecular weight excluding hydrogens is 212 g/mol. The predicted molar refractivity (Wildman–Crippen MR) is 61.0 cm³/mol. The molecule has 0 unspecified atom stereocenters. The summed E-state index contributed by atoms with van der Waals surface area (Å²) in [6.45, 7) is 5.97. The van der Waals surface area contributed by atoms with Crippen LogP contribution in [0.2, 0.25) is 0 Å². The highest BCUT2D eigenvalue weighted by Gasteiger charge is 2.06. The van der Waals surface area contributed by atoms with Gasteiger partial charge >= 0.3 is 0 Å². The Morgan fingerprint density at radius 3 is 2.56 bits per heavy atom. The van der Waals surface area contributed by atoms with Crippen molar-refractivity contribution in [3.8, 4) is 0 Å². The van der Waals surface area contributed by atoms with Gasteiger partial charge in [0.1, 0.15) is 0 Å². The molecule has 0 radical (unpaired) electrons. The molecule has 0 aromatic carbocycles. The van der Waals surface area contributed by atoms with E-state index in [4.69, 9.17) is 26.6 Å². The first-order valence-electron chi connectivity index (χ1n) is 5.00. The van der Waals surface area contributed by atoms with Crippen LogP contribution in [0.4, 0.5) is 0 Å². The summed E-state index contributed by atoms with van der Waals surface area (Å²) in [6.07, 6.45) is 0.728. The van der Waals surface area contributed by atoms with E-state index in [2.05, 4.69) is 10.6 Å². The third-order valence-electron chi connectivity index (χ3n) is 1.22. The molecule has 0 atom stereocenters. The Morgan fingerprint density at radius 1 is 1.50 bits per heavy atom. The molecule has 0 amide bonds. The van der Waals surface area contributed by atoms with Gasteiger partial charge in [0.05, 0.1) is 12.7 Å². The van der Waals surface area contributed by atoms with E-state index in [-0.39, 0.29) is 18.0 Å². The van der Waals surface area contributed by atoms with Gasteiger partial charge < -0.3 is 11.5 Å². The van der Waals surface area contributed by atoms with Gasteiger partial charge in [0.2, 0.25) is 11.9 Å². The largest absolute Gasteiger partial charge is 0.367 e. The minimum absolute atomic E-state index is 0.0417. The van der Waals surface area contributed by atoms with Gasteiger partial charge in [-0.1, -0.05) is 12.1 Å². The molecule has 0 spiro atoms. The molecule has 94 valence electrons. The fourth-order valence-corrected chi connectivity index (χ4v) is 0.627. The van der Waals surface area contributed by atoms with Crippen molar-refractivity contribution in [1.29, 1.82) is 5.41 Å². The van der Waals surface area contributed by atoms with Gasteiger partial charge in [-0.3, -0.25) is 10.2 Å². The van der Waals surface area contributed by atoms with E-state index >= 15 is 0 Å². The van der Waals surface area contributed by atoms with Crippen molar-refractivity contribution >= 4 is 11.9 Å². The van der Waals surface area contributed by atoms with E-state index in [9.17, 15) is 0 Å². The molecule has 16 heavy (non-hydrogen) atoms. The van der Waals surface area contributed by atoms with Gasteiger partial charge in [0, 0.05) is 0 Å². The number of nitrogens with zero attached hydrogens (tertiary/aromatic N) is 2. The summed E-state index contributed by atoms with van der Waals surface area (Å²) in [7, 11) is 0. The predicted octanol–water partition coefficient (Wildman–Crippen LogP) is -0.317. The van der Waals surface area contributed by atoms with E-state index in [1.54, 1.807) is 0 Å². The van der Waals surface area contributed by atoms with E-state index in [0.717, 1.165) is 11.6 Å². The van der Waals surface area contributed by atoms with Crippen LogP contribution in [0.3, 0.4) is 0 Å². The van der Waals surface area contributed by atoms with Crippen LogP contribution >= 0.6 is 0 Å². The maximum absolute atomic E-state index is 7.19. The number of hydrogen-bond acceptors (Lipinski definition) is 4. The van der Waals surface area contributed by atoms with Crippen molar-refractivity contribution in [2.75, 3.05) is 6.61 Å². The number of nitrogens with two attached hydrogens (primary N) is 2. The average Bonchev–Trinajstić information content (AvgIpc) is 2.20. The van der Waals surface area contributed by atoms with Crippen molar-refractivity contribution in [3.05, 3.63) is 0 Å². The molecule has 0 aliphatic rings. The lowest BCUT2D eigenvalue weighted by atomic mass is 10.5. The zero-order chi connectivity index (χ0) is 12.6. The van der Waals surface area contributed by atoms with Crippen LogP contribution in [0.1, 0.15) is 27.2 Å². The van der Waals surface area contributed by atoms with Crippen LogP contribution in [0.25, 0.3) is 0 Å². The molecule has 0 heterocycles. The zero-order valence-electron chi connectivity index (χ0n) is 9.86. The molecule has 0 aliphatic carbocycles. The first kappa shape index (κ1) is 14.5. The Kier molecular flexibility index (Phi) is 6.97. The molecule has 0 rings (SSSR count). The number of hydrogen-bond donors (Lipinski definition) is 4. The van der Waals surface area contributed by atoms with Crippen molar-refractivity contribution in [1.82, 2.24) is 10.7 Å². The lowest BCUT2D eigenvalue weighted by Crippen LogP contribution is -2.40. The second-order valence-electron chi connectivity index (χ2n) is 3.25. The zero-order valence-corrected chi connectivity index (χ0v) is 9.86. The maximum atomic E-state index is 7.19. The Labute approximate surface area is 95.0 Å². The first-order chi connectivity index (χ1) is 7.47. The lowest BCUT2D eigenvalue weighted by Gasteiger charge is -2.16. The Morgan fingerprint density at radius 2 is 2.12 bits per heavy atom. The molecule has 0 saturated heterocycles. The number of nitrogens with one attached hydrogen (secondary N) is 2. The molecule has 0 saturated carbocycles. The molecule has 0 aromatic rings. The van der Waals surface area contributed by atoms with Gasteiger partial charge in [0.25, 0.3) is 0 Å². The molecule has 0 fully saturated rings.